The number of unbranched alkanes of at least 4 members (excludes halogenated alkanes) is 2. The van der Waals surface area contributed by atoms with Crippen LogP contribution in [0, 0.1) is 0 Å². The summed E-state index contributed by atoms with van der Waals surface area (Å²) in [5.41, 5.74) is -0.0377. The van der Waals surface area contributed by atoms with Crippen molar-refractivity contribution >= 4 is 11.8 Å². The van der Waals surface area contributed by atoms with Crippen LogP contribution in [0.2, 0.25) is 0 Å². The standard InChI is InChI=1S/C13H29NOS/c1-4-6-7-10-16-11-8-9-13(5-2,12-15)14-3/h14-15H,4-12H2,1-3H3. The minimum Gasteiger partial charge on any atom is -0.394 e. The van der Waals surface area contributed by atoms with Crippen LogP contribution >= 0.6 is 11.8 Å². The lowest BCUT2D eigenvalue weighted by atomic mass is 9.92. The van der Waals surface area contributed by atoms with Crippen LogP contribution in [0.1, 0.15) is 52.4 Å². The molecule has 0 heterocycles. The van der Waals surface area contributed by atoms with Crippen LogP contribution in [0.25, 0.3) is 0 Å². The second-order valence-corrected chi connectivity index (χ2v) is 5.69. The van der Waals surface area contributed by atoms with Crippen molar-refractivity contribution in [1.29, 1.82) is 0 Å². The Morgan fingerprint density at radius 1 is 1.12 bits per heavy atom. The second kappa shape index (κ2) is 10.4. The third kappa shape index (κ3) is 6.77. The first-order valence-electron chi connectivity index (χ1n) is 6.62. The van der Waals surface area contributed by atoms with E-state index in [9.17, 15) is 5.11 Å². The highest BCUT2D eigenvalue weighted by Gasteiger charge is 2.23. The number of likely N-dealkylation sites (N-methyl/N-ethyl adjacent to an activating group) is 1. The maximum absolute atomic E-state index is 9.38. The average molecular weight is 247 g/mol. The summed E-state index contributed by atoms with van der Waals surface area (Å²) in [5, 5.41) is 12.6. The minimum absolute atomic E-state index is 0.0377. The summed E-state index contributed by atoms with van der Waals surface area (Å²) in [5.74, 6) is 2.53. The van der Waals surface area contributed by atoms with Crippen molar-refractivity contribution < 1.29 is 5.11 Å². The van der Waals surface area contributed by atoms with Crippen molar-refractivity contribution in [3.63, 3.8) is 0 Å². The predicted molar refractivity (Wildman–Crippen MR) is 75.3 cm³/mol. The molecular weight excluding hydrogens is 218 g/mol. The number of hydrogen-bond acceptors (Lipinski definition) is 3. The summed E-state index contributed by atoms with van der Waals surface area (Å²) in [6.45, 7) is 4.63. The van der Waals surface area contributed by atoms with E-state index in [4.69, 9.17) is 0 Å². The molecule has 3 heteroatoms. The van der Waals surface area contributed by atoms with Gasteiger partial charge in [0, 0.05) is 5.54 Å². The summed E-state index contributed by atoms with van der Waals surface area (Å²) in [4.78, 5) is 0. The highest BCUT2D eigenvalue weighted by atomic mass is 32.2. The molecule has 1 atom stereocenters. The van der Waals surface area contributed by atoms with Gasteiger partial charge in [-0.3, -0.25) is 0 Å². The Morgan fingerprint density at radius 2 is 1.81 bits per heavy atom. The van der Waals surface area contributed by atoms with E-state index in [1.54, 1.807) is 0 Å². The number of aliphatic hydroxyl groups excluding tert-OH is 1. The van der Waals surface area contributed by atoms with Crippen LogP contribution in [0.5, 0.6) is 0 Å². The van der Waals surface area contributed by atoms with Gasteiger partial charge in [-0.05, 0) is 44.2 Å². The molecule has 2 N–H and O–H groups in total. The third-order valence-electron chi connectivity index (χ3n) is 3.35. The van der Waals surface area contributed by atoms with E-state index in [0.717, 1.165) is 12.8 Å². The molecule has 0 saturated heterocycles. The van der Waals surface area contributed by atoms with Crippen molar-refractivity contribution in [3.05, 3.63) is 0 Å². The first-order chi connectivity index (χ1) is 7.74. The van der Waals surface area contributed by atoms with Gasteiger partial charge in [-0.25, -0.2) is 0 Å². The molecule has 0 spiro atoms. The predicted octanol–water partition coefficient (Wildman–Crippen LogP) is 3.05. The molecule has 0 aromatic rings. The Kier molecular flexibility index (Phi) is 10.6. The molecule has 0 aromatic heterocycles. The lowest BCUT2D eigenvalue weighted by Crippen LogP contribution is -2.45. The number of nitrogens with one attached hydrogen (secondary N) is 1. The summed E-state index contributed by atoms with van der Waals surface area (Å²) < 4.78 is 0. The highest BCUT2D eigenvalue weighted by Crippen LogP contribution is 2.18. The SMILES string of the molecule is CCCCCSCCCC(CC)(CO)NC. The maximum atomic E-state index is 9.38. The maximum Gasteiger partial charge on any atom is 0.0613 e. The van der Waals surface area contributed by atoms with Crippen molar-refractivity contribution in [3.8, 4) is 0 Å². The smallest absolute Gasteiger partial charge is 0.0613 e. The molecule has 0 fully saturated rings. The molecule has 0 aliphatic rings. The second-order valence-electron chi connectivity index (χ2n) is 4.47. The third-order valence-corrected chi connectivity index (χ3v) is 4.50. The summed E-state index contributed by atoms with van der Waals surface area (Å²) in [7, 11) is 1.95. The summed E-state index contributed by atoms with van der Waals surface area (Å²) >= 11 is 2.06. The zero-order valence-corrected chi connectivity index (χ0v) is 12.0. The first-order valence-corrected chi connectivity index (χ1v) is 7.77. The summed E-state index contributed by atoms with van der Waals surface area (Å²) in [6, 6.07) is 0. The van der Waals surface area contributed by atoms with E-state index in [0.29, 0.717) is 0 Å². The van der Waals surface area contributed by atoms with Gasteiger partial charge in [0.25, 0.3) is 0 Å². The Labute approximate surface area is 106 Å². The topological polar surface area (TPSA) is 32.3 Å². The monoisotopic (exact) mass is 247 g/mol. The van der Waals surface area contributed by atoms with Gasteiger partial charge < -0.3 is 10.4 Å². The lowest BCUT2D eigenvalue weighted by Gasteiger charge is -2.30. The molecule has 2 nitrogen and oxygen atoms in total. The first kappa shape index (κ1) is 16.3. The molecule has 0 aliphatic carbocycles. The Morgan fingerprint density at radius 3 is 2.31 bits per heavy atom. The van der Waals surface area contributed by atoms with E-state index < -0.39 is 0 Å². The van der Waals surface area contributed by atoms with Crippen LogP contribution < -0.4 is 5.32 Å². The van der Waals surface area contributed by atoms with Gasteiger partial charge in [0.1, 0.15) is 0 Å². The van der Waals surface area contributed by atoms with E-state index in [1.807, 2.05) is 7.05 Å². The molecular formula is C13H29NOS. The highest BCUT2D eigenvalue weighted by molar-refractivity contribution is 7.99. The molecule has 0 saturated carbocycles. The molecule has 0 amide bonds. The van der Waals surface area contributed by atoms with Gasteiger partial charge in [0.15, 0.2) is 0 Å². The largest absolute Gasteiger partial charge is 0.394 e. The fourth-order valence-corrected chi connectivity index (χ4v) is 2.78. The van der Waals surface area contributed by atoms with Crippen LogP contribution in [0.4, 0.5) is 0 Å². The molecule has 0 radical (unpaired) electrons. The van der Waals surface area contributed by atoms with Crippen LogP contribution in [0.3, 0.4) is 0 Å². The van der Waals surface area contributed by atoms with Crippen molar-refractivity contribution in [2.75, 3.05) is 25.2 Å². The molecule has 0 bridgehead atoms. The van der Waals surface area contributed by atoms with Gasteiger partial charge in [-0.2, -0.15) is 11.8 Å². The number of thioether (sulfide) groups is 1. The number of hydrogen-bond donors (Lipinski definition) is 2. The van der Waals surface area contributed by atoms with E-state index >= 15 is 0 Å². The number of rotatable bonds is 11. The van der Waals surface area contributed by atoms with Gasteiger partial charge >= 0.3 is 0 Å². The van der Waals surface area contributed by atoms with E-state index in [-0.39, 0.29) is 12.1 Å². The Balaban J connectivity index is 3.48. The van der Waals surface area contributed by atoms with Crippen molar-refractivity contribution in [1.82, 2.24) is 5.32 Å². The fourth-order valence-electron chi connectivity index (χ4n) is 1.82. The van der Waals surface area contributed by atoms with Gasteiger partial charge in [0.05, 0.1) is 6.61 Å². The normalized spacial score (nSPS) is 15.0. The number of aliphatic hydroxyl groups is 1. The molecule has 0 aromatic carbocycles. The quantitative estimate of drug-likeness (QED) is 0.550. The van der Waals surface area contributed by atoms with Crippen molar-refractivity contribution in [2.24, 2.45) is 0 Å². The van der Waals surface area contributed by atoms with Crippen LogP contribution in [0.15, 0.2) is 0 Å². The van der Waals surface area contributed by atoms with Gasteiger partial charge in [-0.1, -0.05) is 26.7 Å². The van der Waals surface area contributed by atoms with E-state index in [2.05, 4.69) is 30.9 Å². The molecule has 0 rings (SSSR count). The summed E-state index contributed by atoms with van der Waals surface area (Å²) in [6.07, 6.45) is 7.30. The zero-order valence-electron chi connectivity index (χ0n) is 11.2. The van der Waals surface area contributed by atoms with Crippen molar-refractivity contribution in [2.45, 2.75) is 57.9 Å². The van der Waals surface area contributed by atoms with Gasteiger partial charge in [-0.15, -0.1) is 0 Å². The van der Waals surface area contributed by atoms with E-state index in [1.165, 1.54) is 37.2 Å². The van der Waals surface area contributed by atoms with Crippen LogP contribution in [-0.2, 0) is 0 Å². The fraction of sp³-hybridized carbons (Fsp3) is 1.00. The van der Waals surface area contributed by atoms with Gasteiger partial charge in [0.2, 0.25) is 0 Å². The molecule has 16 heavy (non-hydrogen) atoms. The Bertz CT molecular complexity index is 141. The average Bonchev–Trinajstić information content (AvgIpc) is 2.34. The lowest BCUT2D eigenvalue weighted by molar-refractivity contribution is 0.154. The zero-order chi connectivity index (χ0) is 12.3. The molecule has 0 aliphatic heterocycles. The molecule has 98 valence electrons. The minimum atomic E-state index is -0.0377. The Hall–Kier alpha value is 0.270. The molecule has 1 unspecified atom stereocenters. The van der Waals surface area contributed by atoms with Crippen LogP contribution in [-0.4, -0.2) is 35.8 Å².